The van der Waals surface area contributed by atoms with E-state index in [9.17, 15) is 9.59 Å². The van der Waals surface area contributed by atoms with E-state index >= 15 is 0 Å². The van der Waals surface area contributed by atoms with Gasteiger partial charge in [-0.1, -0.05) is 28.1 Å². The van der Waals surface area contributed by atoms with E-state index in [1.807, 2.05) is 24.3 Å². The summed E-state index contributed by atoms with van der Waals surface area (Å²) in [7, 11) is 1.39. The molecule has 19 heavy (non-hydrogen) atoms. The lowest BCUT2D eigenvalue weighted by atomic mass is 10.1. The largest absolute Gasteiger partial charge is 0.480 e. The number of hydrogen-bond acceptors (Lipinski definition) is 3. The normalized spacial score (nSPS) is 11.9. The molecule has 0 aromatic heterocycles. The van der Waals surface area contributed by atoms with Gasteiger partial charge < -0.3 is 15.2 Å². The van der Waals surface area contributed by atoms with Gasteiger partial charge in [-0.2, -0.15) is 0 Å². The number of ether oxygens (including phenoxy) is 1. The molecule has 1 atom stereocenters. The number of amides is 1. The first-order valence-electron chi connectivity index (χ1n) is 5.78. The second-order valence-electron chi connectivity index (χ2n) is 4.04. The average Bonchev–Trinajstić information content (AvgIpc) is 2.37. The molecular weight excluding hydrogens is 314 g/mol. The number of hydrogen-bond donors (Lipinski definition) is 2. The summed E-state index contributed by atoms with van der Waals surface area (Å²) in [5, 5.41) is 11.3. The fourth-order valence-electron chi connectivity index (χ4n) is 1.52. The highest BCUT2D eigenvalue weighted by atomic mass is 79.9. The van der Waals surface area contributed by atoms with Gasteiger partial charge in [-0.15, -0.1) is 0 Å². The van der Waals surface area contributed by atoms with Crippen molar-refractivity contribution in [2.24, 2.45) is 0 Å². The van der Waals surface area contributed by atoms with Crippen LogP contribution in [-0.2, 0) is 20.7 Å². The molecule has 1 unspecified atom stereocenters. The Morgan fingerprint density at radius 2 is 2.00 bits per heavy atom. The van der Waals surface area contributed by atoms with Crippen LogP contribution in [0.4, 0.5) is 0 Å². The fourth-order valence-corrected chi connectivity index (χ4v) is 1.78. The number of aryl methyl sites for hydroxylation is 1. The van der Waals surface area contributed by atoms with Crippen LogP contribution in [-0.4, -0.2) is 36.7 Å². The number of carboxylic acids is 1. The van der Waals surface area contributed by atoms with Gasteiger partial charge >= 0.3 is 5.97 Å². The zero-order valence-corrected chi connectivity index (χ0v) is 12.1. The first-order valence-corrected chi connectivity index (χ1v) is 6.57. The van der Waals surface area contributed by atoms with Crippen LogP contribution in [0.5, 0.6) is 0 Å². The highest BCUT2D eigenvalue weighted by Gasteiger charge is 2.19. The van der Waals surface area contributed by atoms with E-state index in [1.165, 1.54) is 7.11 Å². The molecule has 0 saturated carbocycles. The zero-order chi connectivity index (χ0) is 14.3. The van der Waals surface area contributed by atoms with Crippen molar-refractivity contribution >= 4 is 27.8 Å². The third kappa shape index (κ3) is 5.85. The van der Waals surface area contributed by atoms with Gasteiger partial charge in [0.15, 0.2) is 6.04 Å². The summed E-state index contributed by atoms with van der Waals surface area (Å²) in [5.74, 6) is -1.40. The van der Waals surface area contributed by atoms with Crippen molar-refractivity contribution in [3.05, 3.63) is 34.3 Å². The molecule has 1 aromatic carbocycles. The summed E-state index contributed by atoms with van der Waals surface area (Å²) in [6, 6.07) is 6.64. The van der Waals surface area contributed by atoms with Gasteiger partial charge in [0.25, 0.3) is 0 Å². The predicted octanol–water partition coefficient (Wildman–Crippen LogP) is 1.60. The number of rotatable bonds is 7. The van der Waals surface area contributed by atoms with Crippen molar-refractivity contribution in [2.45, 2.75) is 18.9 Å². The number of carboxylic acid groups (broad SMARTS) is 1. The van der Waals surface area contributed by atoms with E-state index in [1.54, 1.807) is 0 Å². The van der Waals surface area contributed by atoms with Crippen LogP contribution in [0.2, 0.25) is 0 Å². The molecule has 0 aliphatic carbocycles. The third-order valence-electron chi connectivity index (χ3n) is 2.52. The van der Waals surface area contributed by atoms with Gasteiger partial charge in [0.05, 0.1) is 6.61 Å². The molecule has 2 N–H and O–H groups in total. The maximum Gasteiger partial charge on any atom is 0.328 e. The molecule has 0 aliphatic rings. The Bertz CT molecular complexity index is 433. The summed E-state index contributed by atoms with van der Waals surface area (Å²) in [4.78, 5) is 22.5. The first kappa shape index (κ1) is 15.7. The number of nitrogens with one attached hydrogen (secondary N) is 1. The molecule has 0 fully saturated rings. The van der Waals surface area contributed by atoms with E-state index in [0.29, 0.717) is 6.42 Å². The molecule has 0 spiro atoms. The Morgan fingerprint density at radius 1 is 1.37 bits per heavy atom. The van der Waals surface area contributed by atoms with Crippen molar-refractivity contribution in [3.63, 3.8) is 0 Å². The van der Waals surface area contributed by atoms with Crippen molar-refractivity contribution in [3.8, 4) is 0 Å². The molecule has 1 rings (SSSR count). The predicted molar refractivity (Wildman–Crippen MR) is 73.9 cm³/mol. The quantitative estimate of drug-likeness (QED) is 0.796. The lowest BCUT2D eigenvalue weighted by molar-refractivity contribution is -0.143. The Morgan fingerprint density at radius 3 is 2.53 bits per heavy atom. The van der Waals surface area contributed by atoms with E-state index in [-0.39, 0.29) is 18.9 Å². The summed E-state index contributed by atoms with van der Waals surface area (Å²) in [5.41, 5.74) is 1.02. The van der Waals surface area contributed by atoms with E-state index in [4.69, 9.17) is 9.84 Å². The molecule has 0 radical (unpaired) electrons. The summed E-state index contributed by atoms with van der Waals surface area (Å²) in [6.45, 7) is -0.0423. The second-order valence-corrected chi connectivity index (χ2v) is 4.96. The summed E-state index contributed by atoms with van der Waals surface area (Å²) >= 11 is 3.33. The monoisotopic (exact) mass is 329 g/mol. The molecule has 104 valence electrons. The number of halogens is 1. The van der Waals surface area contributed by atoms with E-state index in [0.717, 1.165) is 10.0 Å². The lowest BCUT2D eigenvalue weighted by Crippen LogP contribution is -2.43. The van der Waals surface area contributed by atoms with Crippen LogP contribution in [0, 0.1) is 0 Å². The van der Waals surface area contributed by atoms with Crippen LogP contribution >= 0.6 is 15.9 Å². The molecule has 0 bridgehead atoms. The van der Waals surface area contributed by atoms with E-state index in [2.05, 4.69) is 21.2 Å². The topological polar surface area (TPSA) is 75.6 Å². The number of methoxy groups -OCH3 is 1. The van der Waals surface area contributed by atoms with Crippen molar-refractivity contribution in [1.82, 2.24) is 5.32 Å². The molecule has 1 amide bonds. The highest BCUT2D eigenvalue weighted by Crippen LogP contribution is 2.11. The summed E-state index contributed by atoms with van der Waals surface area (Å²) < 4.78 is 5.72. The van der Waals surface area contributed by atoms with Gasteiger partial charge in [-0.05, 0) is 24.1 Å². The number of aliphatic carboxylic acids is 1. The minimum Gasteiger partial charge on any atom is -0.480 e. The highest BCUT2D eigenvalue weighted by molar-refractivity contribution is 9.10. The van der Waals surface area contributed by atoms with Gasteiger partial charge in [0.2, 0.25) is 5.91 Å². The minimum atomic E-state index is -1.10. The van der Waals surface area contributed by atoms with Gasteiger partial charge in [-0.3, -0.25) is 4.79 Å². The molecule has 1 aromatic rings. The Kier molecular flexibility index (Phi) is 6.52. The Balaban J connectivity index is 2.42. The smallest absolute Gasteiger partial charge is 0.328 e. The number of carbonyl (C=O) groups excluding carboxylic acids is 1. The Hall–Kier alpha value is -1.40. The standard InChI is InChI=1S/C13H16BrNO4/c1-19-8-11(13(17)18)15-12(16)7-4-9-2-5-10(14)6-3-9/h2-3,5-6,11H,4,7-8H2,1H3,(H,15,16)(H,17,18). The van der Waals surface area contributed by atoms with Gasteiger partial charge in [0.1, 0.15) is 0 Å². The van der Waals surface area contributed by atoms with Crippen LogP contribution < -0.4 is 5.32 Å². The first-order chi connectivity index (χ1) is 9.02. The van der Waals surface area contributed by atoms with Crippen LogP contribution in [0.15, 0.2) is 28.7 Å². The molecule has 6 heteroatoms. The molecule has 0 saturated heterocycles. The van der Waals surface area contributed by atoms with Crippen LogP contribution in [0.25, 0.3) is 0 Å². The number of carbonyl (C=O) groups is 2. The lowest BCUT2D eigenvalue weighted by Gasteiger charge is -2.13. The Labute approximate surface area is 120 Å². The number of benzene rings is 1. The summed E-state index contributed by atoms with van der Waals surface area (Å²) in [6.07, 6.45) is 0.813. The fraction of sp³-hybridized carbons (Fsp3) is 0.385. The maximum atomic E-state index is 11.6. The molecule has 0 heterocycles. The van der Waals surface area contributed by atoms with Crippen molar-refractivity contribution < 1.29 is 19.4 Å². The minimum absolute atomic E-state index is 0.0423. The van der Waals surface area contributed by atoms with Gasteiger partial charge in [-0.25, -0.2) is 4.79 Å². The maximum absolute atomic E-state index is 11.6. The molecule has 5 nitrogen and oxygen atoms in total. The zero-order valence-electron chi connectivity index (χ0n) is 10.6. The average molecular weight is 330 g/mol. The van der Waals surface area contributed by atoms with Crippen LogP contribution in [0.3, 0.4) is 0 Å². The molecular formula is C13H16BrNO4. The van der Waals surface area contributed by atoms with E-state index < -0.39 is 12.0 Å². The van der Waals surface area contributed by atoms with Gasteiger partial charge in [0, 0.05) is 18.0 Å². The SMILES string of the molecule is COCC(NC(=O)CCc1ccc(Br)cc1)C(=O)O. The van der Waals surface area contributed by atoms with Crippen LogP contribution in [0.1, 0.15) is 12.0 Å². The molecule has 0 aliphatic heterocycles. The second kappa shape index (κ2) is 7.91. The van der Waals surface area contributed by atoms with Crippen molar-refractivity contribution in [2.75, 3.05) is 13.7 Å². The third-order valence-corrected chi connectivity index (χ3v) is 3.05. The van der Waals surface area contributed by atoms with Crippen molar-refractivity contribution in [1.29, 1.82) is 0 Å².